The van der Waals surface area contributed by atoms with Crippen molar-refractivity contribution in [2.24, 2.45) is 0 Å². The van der Waals surface area contributed by atoms with Gasteiger partial charge in [-0.1, -0.05) is 41.6 Å². The second kappa shape index (κ2) is 5.93. The summed E-state index contributed by atoms with van der Waals surface area (Å²) in [5, 5.41) is 9.49. The van der Waals surface area contributed by atoms with Gasteiger partial charge in [0.15, 0.2) is 5.16 Å². The fourth-order valence-corrected chi connectivity index (χ4v) is 2.51. The molecule has 0 amide bonds. The molecule has 4 nitrogen and oxygen atoms in total. The summed E-state index contributed by atoms with van der Waals surface area (Å²) in [6.45, 7) is 4.68. The van der Waals surface area contributed by atoms with Gasteiger partial charge in [0.05, 0.1) is 11.4 Å². The van der Waals surface area contributed by atoms with E-state index in [1.807, 2.05) is 17.7 Å². The molecule has 1 heterocycles. The lowest BCUT2D eigenvalue weighted by atomic mass is 10.1. The summed E-state index contributed by atoms with van der Waals surface area (Å²) in [4.78, 5) is 15.0. The van der Waals surface area contributed by atoms with E-state index in [1.54, 1.807) is 0 Å². The SMILES string of the molecule is Cc1ccc(Cn2cc(C)nc2SCC(=O)O)cc1. The Morgan fingerprint density at radius 2 is 2.00 bits per heavy atom. The fraction of sp³-hybridized carbons (Fsp3) is 0.286. The van der Waals surface area contributed by atoms with Crippen LogP contribution in [0, 0.1) is 13.8 Å². The summed E-state index contributed by atoms with van der Waals surface area (Å²) in [5.41, 5.74) is 3.31. The van der Waals surface area contributed by atoms with Crippen LogP contribution in [-0.2, 0) is 11.3 Å². The average molecular weight is 276 g/mol. The number of carboxylic acid groups (broad SMARTS) is 1. The van der Waals surface area contributed by atoms with Crippen LogP contribution in [0.2, 0.25) is 0 Å². The lowest BCUT2D eigenvalue weighted by molar-refractivity contribution is -0.133. The van der Waals surface area contributed by atoms with Crippen LogP contribution in [0.5, 0.6) is 0 Å². The molecule has 5 heteroatoms. The Labute approximate surface area is 116 Å². The number of hydrogen-bond donors (Lipinski definition) is 1. The van der Waals surface area contributed by atoms with Crippen molar-refractivity contribution in [3.63, 3.8) is 0 Å². The van der Waals surface area contributed by atoms with Crippen molar-refractivity contribution in [1.82, 2.24) is 9.55 Å². The van der Waals surface area contributed by atoms with Crippen molar-refractivity contribution in [2.75, 3.05) is 5.75 Å². The number of aryl methyl sites for hydroxylation is 2. The highest BCUT2D eigenvalue weighted by Gasteiger charge is 2.09. The third-order valence-corrected chi connectivity index (χ3v) is 3.63. The number of nitrogens with zero attached hydrogens (tertiary/aromatic N) is 2. The molecule has 100 valence electrons. The Bertz CT molecular complexity index is 576. The Morgan fingerprint density at radius 3 is 2.63 bits per heavy atom. The molecule has 0 saturated carbocycles. The van der Waals surface area contributed by atoms with Crippen LogP contribution in [-0.4, -0.2) is 26.4 Å². The van der Waals surface area contributed by atoms with Gasteiger partial charge in [0.2, 0.25) is 0 Å². The van der Waals surface area contributed by atoms with E-state index in [-0.39, 0.29) is 5.75 Å². The second-order valence-electron chi connectivity index (χ2n) is 4.46. The molecule has 0 unspecified atom stereocenters. The molecule has 1 aromatic heterocycles. The predicted octanol–water partition coefficient (Wildman–Crippen LogP) is 2.72. The lowest BCUT2D eigenvalue weighted by Crippen LogP contribution is -2.03. The zero-order valence-corrected chi connectivity index (χ0v) is 11.8. The molecule has 2 rings (SSSR count). The van der Waals surface area contributed by atoms with Gasteiger partial charge < -0.3 is 9.67 Å². The minimum Gasteiger partial charge on any atom is -0.481 e. The molecular formula is C14H16N2O2S. The molecule has 0 aliphatic rings. The van der Waals surface area contributed by atoms with Crippen molar-refractivity contribution in [3.8, 4) is 0 Å². The molecule has 19 heavy (non-hydrogen) atoms. The summed E-state index contributed by atoms with van der Waals surface area (Å²) >= 11 is 1.25. The Kier molecular flexibility index (Phi) is 4.27. The Hall–Kier alpha value is -1.75. The maximum Gasteiger partial charge on any atom is 0.313 e. The fourth-order valence-electron chi connectivity index (χ4n) is 1.77. The Balaban J connectivity index is 2.15. The maximum absolute atomic E-state index is 10.6. The molecular weight excluding hydrogens is 260 g/mol. The monoisotopic (exact) mass is 276 g/mol. The molecule has 0 fully saturated rings. The van der Waals surface area contributed by atoms with Gasteiger partial charge in [-0.15, -0.1) is 0 Å². The molecule has 0 radical (unpaired) electrons. The number of imidazole rings is 1. The van der Waals surface area contributed by atoms with Crippen LogP contribution in [0.1, 0.15) is 16.8 Å². The van der Waals surface area contributed by atoms with E-state index in [2.05, 4.69) is 36.2 Å². The highest BCUT2D eigenvalue weighted by molar-refractivity contribution is 7.99. The number of carbonyl (C=O) groups is 1. The number of aromatic nitrogens is 2. The molecule has 0 aliphatic carbocycles. The molecule has 0 bridgehead atoms. The molecule has 2 aromatic rings. The zero-order valence-electron chi connectivity index (χ0n) is 11.0. The van der Waals surface area contributed by atoms with Gasteiger partial charge in [0, 0.05) is 12.7 Å². The van der Waals surface area contributed by atoms with Gasteiger partial charge in [-0.05, 0) is 19.4 Å². The van der Waals surface area contributed by atoms with Crippen molar-refractivity contribution >= 4 is 17.7 Å². The quantitative estimate of drug-likeness (QED) is 0.853. The normalized spacial score (nSPS) is 10.6. The summed E-state index contributed by atoms with van der Waals surface area (Å²) in [5.74, 6) is -0.794. The third-order valence-electron chi connectivity index (χ3n) is 2.66. The Morgan fingerprint density at radius 1 is 1.32 bits per heavy atom. The van der Waals surface area contributed by atoms with E-state index >= 15 is 0 Å². The topological polar surface area (TPSA) is 55.1 Å². The van der Waals surface area contributed by atoms with Crippen molar-refractivity contribution < 1.29 is 9.90 Å². The van der Waals surface area contributed by atoms with E-state index < -0.39 is 5.97 Å². The third kappa shape index (κ3) is 3.86. The number of thioether (sulfide) groups is 1. The molecule has 1 N–H and O–H groups in total. The first-order chi connectivity index (χ1) is 9.04. The van der Waals surface area contributed by atoms with Crippen molar-refractivity contribution in [1.29, 1.82) is 0 Å². The first-order valence-corrected chi connectivity index (χ1v) is 6.97. The zero-order chi connectivity index (χ0) is 13.8. The predicted molar refractivity (Wildman–Crippen MR) is 75.6 cm³/mol. The van der Waals surface area contributed by atoms with E-state index in [0.717, 1.165) is 10.9 Å². The number of hydrogen-bond acceptors (Lipinski definition) is 3. The average Bonchev–Trinajstić information content (AvgIpc) is 2.70. The van der Waals surface area contributed by atoms with E-state index in [9.17, 15) is 4.79 Å². The lowest BCUT2D eigenvalue weighted by Gasteiger charge is -2.07. The van der Waals surface area contributed by atoms with Crippen LogP contribution in [0.4, 0.5) is 0 Å². The van der Waals surface area contributed by atoms with Gasteiger partial charge in [0.1, 0.15) is 0 Å². The van der Waals surface area contributed by atoms with E-state index in [0.29, 0.717) is 6.54 Å². The number of benzene rings is 1. The largest absolute Gasteiger partial charge is 0.481 e. The minimum atomic E-state index is -0.826. The number of rotatable bonds is 5. The van der Waals surface area contributed by atoms with Crippen LogP contribution in [0.15, 0.2) is 35.6 Å². The molecule has 0 atom stereocenters. The van der Waals surface area contributed by atoms with Crippen LogP contribution in [0.25, 0.3) is 0 Å². The number of carboxylic acids is 1. The molecule has 1 aromatic carbocycles. The van der Waals surface area contributed by atoms with Gasteiger partial charge in [-0.2, -0.15) is 0 Å². The van der Waals surface area contributed by atoms with E-state index in [4.69, 9.17) is 5.11 Å². The molecule has 0 saturated heterocycles. The second-order valence-corrected chi connectivity index (χ2v) is 5.40. The highest BCUT2D eigenvalue weighted by Crippen LogP contribution is 2.19. The summed E-state index contributed by atoms with van der Waals surface area (Å²) in [6, 6.07) is 8.30. The first-order valence-electron chi connectivity index (χ1n) is 5.98. The van der Waals surface area contributed by atoms with Crippen molar-refractivity contribution in [3.05, 3.63) is 47.3 Å². The van der Waals surface area contributed by atoms with Crippen molar-refractivity contribution in [2.45, 2.75) is 25.5 Å². The highest BCUT2D eigenvalue weighted by atomic mass is 32.2. The summed E-state index contributed by atoms with van der Waals surface area (Å²) < 4.78 is 1.99. The van der Waals surface area contributed by atoms with Gasteiger partial charge in [-0.3, -0.25) is 4.79 Å². The minimum absolute atomic E-state index is 0.0321. The number of aliphatic carboxylic acids is 1. The maximum atomic E-state index is 10.6. The summed E-state index contributed by atoms with van der Waals surface area (Å²) in [7, 11) is 0. The standard InChI is InChI=1S/C14H16N2O2S/c1-10-3-5-12(6-4-10)8-16-7-11(2)15-14(16)19-9-13(17)18/h3-7H,8-9H2,1-2H3,(H,17,18). The van der Waals surface area contributed by atoms with Crippen LogP contribution in [0.3, 0.4) is 0 Å². The van der Waals surface area contributed by atoms with Crippen LogP contribution < -0.4 is 0 Å². The van der Waals surface area contributed by atoms with E-state index in [1.165, 1.54) is 22.9 Å². The summed E-state index contributed by atoms with van der Waals surface area (Å²) in [6.07, 6.45) is 1.95. The van der Waals surface area contributed by atoms with Gasteiger partial charge in [0.25, 0.3) is 0 Å². The van der Waals surface area contributed by atoms with Crippen LogP contribution >= 0.6 is 11.8 Å². The van der Waals surface area contributed by atoms with Gasteiger partial charge in [-0.25, -0.2) is 4.98 Å². The first kappa shape index (κ1) is 13.7. The molecule has 0 spiro atoms. The smallest absolute Gasteiger partial charge is 0.313 e. The molecule has 0 aliphatic heterocycles. The van der Waals surface area contributed by atoms with Gasteiger partial charge >= 0.3 is 5.97 Å².